The van der Waals surface area contributed by atoms with Gasteiger partial charge in [0.05, 0.1) is 6.61 Å². The summed E-state index contributed by atoms with van der Waals surface area (Å²) in [5, 5.41) is 3.35. The van der Waals surface area contributed by atoms with Crippen LogP contribution in [0, 0.1) is 17.8 Å². The minimum Gasteiger partial charge on any atom is -0.379 e. The van der Waals surface area contributed by atoms with Crippen LogP contribution in [0.1, 0.15) is 59.3 Å². The SMILES string of the molecule is CC(C)[C@H](C)COCC1(CC2CCCCC2)NC(N)N(C)C1=O. The van der Waals surface area contributed by atoms with Gasteiger partial charge in [-0.05, 0) is 24.2 Å². The fourth-order valence-corrected chi connectivity index (χ4v) is 3.71. The standard InChI is InChI=1S/C18H35N3O2/c1-13(2)14(3)11-23-12-18(10-15-8-6-5-7-9-15)16(22)21(4)17(19)20-18/h13-15,17,20H,5-12,19H2,1-4H3/t14-,17?,18?/m1/s1. The van der Waals surface area contributed by atoms with E-state index in [-0.39, 0.29) is 5.91 Å². The Morgan fingerprint density at radius 3 is 2.48 bits per heavy atom. The molecule has 1 aliphatic carbocycles. The Balaban J connectivity index is 2.01. The molecule has 2 unspecified atom stereocenters. The van der Waals surface area contributed by atoms with Crippen LogP contribution in [0.2, 0.25) is 0 Å². The summed E-state index contributed by atoms with van der Waals surface area (Å²) in [6.45, 7) is 7.72. The van der Waals surface area contributed by atoms with E-state index in [9.17, 15) is 4.79 Å². The van der Waals surface area contributed by atoms with Crippen molar-refractivity contribution in [3.63, 3.8) is 0 Å². The van der Waals surface area contributed by atoms with Crippen LogP contribution in [0.3, 0.4) is 0 Å². The van der Waals surface area contributed by atoms with Gasteiger partial charge < -0.3 is 9.64 Å². The molecule has 1 heterocycles. The molecule has 2 aliphatic rings. The molecule has 1 amide bonds. The fraction of sp³-hybridized carbons (Fsp3) is 0.944. The smallest absolute Gasteiger partial charge is 0.247 e. The van der Waals surface area contributed by atoms with Crippen molar-refractivity contribution in [1.82, 2.24) is 10.2 Å². The second-order valence-corrected chi connectivity index (χ2v) is 8.03. The van der Waals surface area contributed by atoms with Crippen LogP contribution >= 0.6 is 0 Å². The predicted molar refractivity (Wildman–Crippen MR) is 92.6 cm³/mol. The van der Waals surface area contributed by atoms with E-state index in [0.717, 1.165) is 6.42 Å². The molecule has 0 bridgehead atoms. The molecule has 1 saturated heterocycles. The summed E-state index contributed by atoms with van der Waals surface area (Å²) in [5.41, 5.74) is 5.44. The fourth-order valence-electron chi connectivity index (χ4n) is 3.71. The Hall–Kier alpha value is -0.650. The Labute approximate surface area is 141 Å². The maximum Gasteiger partial charge on any atom is 0.247 e. The van der Waals surface area contributed by atoms with Gasteiger partial charge in [0, 0.05) is 13.7 Å². The Kier molecular flexibility index (Phi) is 6.46. The summed E-state index contributed by atoms with van der Waals surface area (Å²) in [6.07, 6.45) is 6.77. The zero-order valence-electron chi connectivity index (χ0n) is 15.3. The summed E-state index contributed by atoms with van der Waals surface area (Å²) in [6, 6.07) is 0. The second kappa shape index (κ2) is 7.95. The van der Waals surface area contributed by atoms with Crippen molar-refractivity contribution in [2.45, 2.75) is 71.1 Å². The van der Waals surface area contributed by atoms with Gasteiger partial charge in [-0.3, -0.25) is 15.8 Å². The topological polar surface area (TPSA) is 67.6 Å². The Morgan fingerprint density at radius 2 is 1.96 bits per heavy atom. The third-order valence-corrected chi connectivity index (χ3v) is 5.80. The van der Waals surface area contributed by atoms with Gasteiger partial charge in [0.15, 0.2) is 0 Å². The van der Waals surface area contributed by atoms with E-state index < -0.39 is 11.8 Å². The maximum absolute atomic E-state index is 12.8. The van der Waals surface area contributed by atoms with Crippen LogP contribution in [0.4, 0.5) is 0 Å². The second-order valence-electron chi connectivity index (χ2n) is 8.03. The molecular formula is C18H35N3O2. The molecular weight excluding hydrogens is 290 g/mol. The lowest BCUT2D eigenvalue weighted by Crippen LogP contribution is -2.54. The van der Waals surface area contributed by atoms with Crippen LogP contribution in [0.25, 0.3) is 0 Å². The van der Waals surface area contributed by atoms with Crippen LogP contribution in [0.15, 0.2) is 0 Å². The molecule has 3 N–H and O–H groups in total. The predicted octanol–water partition coefficient (Wildman–Crippen LogP) is 2.31. The molecule has 3 atom stereocenters. The first-order chi connectivity index (χ1) is 10.9. The third kappa shape index (κ3) is 4.46. The van der Waals surface area contributed by atoms with Crippen molar-refractivity contribution < 1.29 is 9.53 Å². The first kappa shape index (κ1) is 18.7. The number of carbonyl (C=O) groups excluding carboxylic acids is 1. The molecule has 2 rings (SSSR count). The molecule has 0 spiro atoms. The maximum atomic E-state index is 12.8. The van der Waals surface area contributed by atoms with Gasteiger partial charge in [-0.1, -0.05) is 52.9 Å². The lowest BCUT2D eigenvalue weighted by molar-refractivity contribution is -0.135. The van der Waals surface area contributed by atoms with Gasteiger partial charge in [-0.15, -0.1) is 0 Å². The molecule has 5 heteroatoms. The highest BCUT2D eigenvalue weighted by Gasteiger charge is 2.50. The van der Waals surface area contributed by atoms with Gasteiger partial charge >= 0.3 is 0 Å². The lowest BCUT2D eigenvalue weighted by Gasteiger charge is -2.33. The van der Waals surface area contributed by atoms with Gasteiger partial charge in [0.25, 0.3) is 0 Å². The van der Waals surface area contributed by atoms with Gasteiger partial charge in [-0.2, -0.15) is 0 Å². The van der Waals surface area contributed by atoms with Crippen molar-refractivity contribution in [2.24, 2.45) is 23.5 Å². The number of hydrogen-bond acceptors (Lipinski definition) is 4. The zero-order valence-corrected chi connectivity index (χ0v) is 15.3. The van der Waals surface area contributed by atoms with Crippen LogP contribution in [0.5, 0.6) is 0 Å². The van der Waals surface area contributed by atoms with Crippen LogP contribution < -0.4 is 11.1 Å². The quantitative estimate of drug-likeness (QED) is 0.754. The molecule has 0 radical (unpaired) electrons. The number of nitrogens with zero attached hydrogens (tertiary/aromatic N) is 1. The molecule has 1 aliphatic heterocycles. The number of hydrogen-bond donors (Lipinski definition) is 2. The van der Waals surface area contributed by atoms with E-state index >= 15 is 0 Å². The summed E-state index contributed by atoms with van der Waals surface area (Å²) in [7, 11) is 1.78. The minimum absolute atomic E-state index is 0.0905. The van der Waals surface area contributed by atoms with Crippen LogP contribution in [-0.2, 0) is 9.53 Å². The number of amides is 1. The largest absolute Gasteiger partial charge is 0.379 e. The summed E-state index contributed by atoms with van der Waals surface area (Å²) < 4.78 is 5.99. The number of rotatable bonds is 7. The first-order valence-corrected chi connectivity index (χ1v) is 9.24. The molecule has 0 aromatic heterocycles. The number of nitrogens with two attached hydrogens (primary N) is 1. The third-order valence-electron chi connectivity index (χ3n) is 5.80. The van der Waals surface area contributed by atoms with E-state index in [0.29, 0.717) is 31.0 Å². The summed E-state index contributed by atoms with van der Waals surface area (Å²) in [5.74, 6) is 1.77. The van der Waals surface area contributed by atoms with Crippen molar-refractivity contribution in [3.05, 3.63) is 0 Å². The Bertz CT molecular complexity index is 396. The number of nitrogens with one attached hydrogen (secondary N) is 1. The van der Waals surface area contributed by atoms with Crippen LogP contribution in [-0.4, -0.2) is 42.9 Å². The number of ether oxygens (including phenoxy) is 1. The van der Waals surface area contributed by atoms with E-state index in [1.807, 2.05) is 0 Å². The minimum atomic E-state index is -0.632. The van der Waals surface area contributed by atoms with Crippen molar-refractivity contribution >= 4 is 5.91 Å². The molecule has 5 nitrogen and oxygen atoms in total. The molecule has 0 aromatic carbocycles. The highest BCUT2D eigenvalue weighted by Crippen LogP contribution is 2.34. The summed E-state index contributed by atoms with van der Waals surface area (Å²) >= 11 is 0. The summed E-state index contributed by atoms with van der Waals surface area (Å²) in [4.78, 5) is 14.4. The van der Waals surface area contributed by atoms with Crippen molar-refractivity contribution in [2.75, 3.05) is 20.3 Å². The first-order valence-electron chi connectivity index (χ1n) is 9.24. The average Bonchev–Trinajstić information content (AvgIpc) is 2.72. The van der Waals surface area contributed by atoms with Crippen molar-refractivity contribution in [3.8, 4) is 0 Å². The Morgan fingerprint density at radius 1 is 1.30 bits per heavy atom. The molecule has 23 heavy (non-hydrogen) atoms. The lowest BCUT2D eigenvalue weighted by atomic mass is 9.79. The normalized spacial score (nSPS) is 31.1. The van der Waals surface area contributed by atoms with E-state index in [1.54, 1.807) is 11.9 Å². The molecule has 2 fully saturated rings. The van der Waals surface area contributed by atoms with Gasteiger partial charge in [0.1, 0.15) is 11.8 Å². The zero-order chi connectivity index (χ0) is 17.0. The van der Waals surface area contributed by atoms with Gasteiger partial charge in [-0.25, -0.2) is 0 Å². The highest BCUT2D eigenvalue weighted by molar-refractivity contribution is 5.88. The number of likely N-dealkylation sites (N-methyl/N-ethyl adjacent to an activating group) is 1. The van der Waals surface area contributed by atoms with Crippen molar-refractivity contribution in [1.29, 1.82) is 0 Å². The molecule has 0 aromatic rings. The monoisotopic (exact) mass is 325 g/mol. The van der Waals surface area contributed by atoms with E-state index in [2.05, 4.69) is 26.1 Å². The molecule has 134 valence electrons. The average molecular weight is 325 g/mol. The number of carbonyl (C=O) groups is 1. The van der Waals surface area contributed by atoms with Gasteiger partial charge in [0.2, 0.25) is 5.91 Å². The van der Waals surface area contributed by atoms with E-state index in [1.165, 1.54) is 32.1 Å². The molecule has 1 saturated carbocycles. The van der Waals surface area contributed by atoms with E-state index in [4.69, 9.17) is 10.5 Å². The highest BCUT2D eigenvalue weighted by atomic mass is 16.5.